The minimum absolute atomic E-state index is 0.223. The molecule has 1 atom stereocenters. The van der Waals surface area contributed by atoms with E-state index in [0.717, 1.165) is 28.2 Å². The Labute approximate surface area is 142 Å². The number of para-hydroxylation sites is 1. The van der Waals surface area contributed by atoms with E-state index in [1.165, 1.54) is 7.05 Å². The zero-order chi connectivity index (χ0) is 17.3. The highest BCUT2D eigenvalue weighted by Crippen LogP contribution is 2.32. The van der Waals surface area contributed by atoms with Crippen LogP contribution in [-0.4, -0.2) is 38.5 Å². The van der Waals surface area contributed by atoms with Crippen LogP contribution in [-0.2, 0) is 21.2 Å². The maximum absolute atomic E-state index is 13.2. The molecule has 1 amide bonds. The van der Waals surface area contributed by atoms with E-state index in [-0.39, 0.29) is 5.91 Å². The van der Waals surface area contributed by atoms with Crippen LogP contribution in [0.1, 0.15) is 17.2 Å². The molecule has 0 fully saturated rings. The lowest BCUT2D eigenvalue weighted by Gasteiger charge is -2.29. The van der Waals surface area contributed by atoms with Crippen LogP contribution in [0.3, 0.4) is 0 Å². The highest BCUT2D eigenvalue weighted by Gasteiger charge is 2.36. The van der Waals surface area contributed by atoms with Crippen molar-refractivity contribution in [2.24, 2.45) is 0 Å². The Bertz CT molecular complexity index is 850. The monoisotopic (exact) mass is 344 g/mol. The van der Waals surface area contributed by atoms with Gasteiger partial charge in [-0.15, -0.1) is 0 Å². The Hall–Kier alpha value is -2.18. The summed E-state index contributed by atoms with van der Waals surface area (Å²) in [7, 11) is -2.07. The number of carbonyl (C=O) groups is 1. The van der Waals surface area contributed by atoms with Crippen LogP contribution in [0.5, 0.6) is 0 Å². The van der Waals surface area contributed by atoms with Gasteiger partial charge in [-0.25, -0.2) is 8.42 Å². The Morgan fingerprint density at radius 2 is 1.71 bits per heavy atom. The number of likely N-dealkylation sites (N-methyl/N-ethyl adjacent to an activating group) is 1. The highest BCUT2D eigenvalue weighted by atomic mass is 32.2. The van der Waals surface area contributed by atoms with Crippen LogP contribution in [0, 0.1) is 0 Å². The molecule has 6 heteroatoms. The standard InChI is InChI=1S/C18H20N2O3S/c1-19(24(2,22)23)17(15-9-4-3-5-10-15)18(21)20-13-12-14-8-6-7-11-16(14)20/h3-11,17H,12-13H2,1-2H3/t17-/m0/s1. The fourth-order valence-corrected chi connectivity index (χ4v) is 3.64. The third-order valence-corrected chi connectivity index (χ3v) is 5.65. The van der Waals surface area contributed by atoms with E-state index in [1.54, 1.807) is 17.0 Å². The molecule has 24 heavy (non-hydrogen) atoms. The van der Waals surface area contributed by atoms with E-state index in [0.29, 0.717) is 12.1 Å². The molecule has 1 aliphatic rings. The average molecular weight is 344 g/mol. The smallest absolute Gasteiger partial charge is 0.249 e. The molecular weight excluding hydrogens is 324 g/mol. The van der Waals surface area contributed by atoms with Crippen molar-refractivity contribution in [3.63, 3.8) is 0 Å². The van der Waals surface area contributed by atoms with Crippen molar-refractivity contribution in [1.82, 2.24) is 4.31 Å². The SMILES string of the molecule is CN([C@H](C(=O)N1CCc2ccccc21)c1ccccc1)S(C)(=O)=O. The van der Waals surface area contributed by atoms with Crippen molar-refractivity contribution in [3.05, 3.63) is 65.7 Å². The van der Waals surface area contributed by atoms with Crippen molar-refractivity contribution in [2.45, 2.75) is 12.5 Å². The Kier molecular flexibility index (Phi) is 4.43. The average Bonchev–Trinajstić information content (AvgIpc) is 2.99. The number of amides is 1. The zero-order valence-corrected chi connectivity index (χ0v) is 14.5. The molecule has 0 aromatic heterocycles. The summed E-state index contributed by atoms with van der Waals surface area (Å²) >= 11 is 0. The quantitative estimate of drug-likeness (QED) is 0.854. The first-order chi connectivity index (χ1) is 11.4. The number of benzene rings is 2. The maximum Gasteiger partial charge on any atom is 0.249 e. The number of carbonyl (C=O) groups excluding carboxylic acids is 1. The second kappa shape index (κ2) is 6.37. The molecule has 126 valence electrons. The van der Waals surface area contributed by atoms with Gasteiger partial charge < -0.3 is 4.90 Å². The molecule has 2 aromatic rings. The van der Waals surface area contributed by atoms with Gasteiger partial charge in [0, 0.05) is 19.3 Å². The summed E-state index contributed by atoms with van der Waals surface area (Å²) in [5.41, 5.74) is 2.64. The molecule has 0 saturated heterocycles. The molecule has 2 aromatic carbocycles. The molecular formula is C18H20N2O3S. The lowest BCUT2D eigenvalue weighted by atomic mass is 10.1. The molecule has 0 unspecified atom stereocenters. The molecule has 5 nitrogen and oxygen atoms in total. The first-order valence-electron chi connectivity index (χ1n) is 7.77. The number of anilines is 1. The Balaban J connectivity index is 2.02. The van der Waals surface area contributed by atoms with Crippen molar-refractivity contribution in [3.8, 4) is 0 Å². The second-order valence-corrected chi connectivity index (χ2v) is 8.00. The Morgan fingerprint density at radius 1 is 1.08 bits per heavy atom. The summed E-state index contributed by atoms with van der Waals surface area (Å²) in [6.07, 6.45) is 1.90. The molecule has 1 aliphatic heterocycles. The number of nitrogens with zero attached hydrogens (tertiary/aromatic N) is 2. The fraction of sp³-hybridized carbons (Fsp3) is 0.278. The molecule has 0 radical (unpaired) electrons. The first kappa shape index (κ1) is 16.7. The predicted octanol–water partition coefficient (Wildman–Crippen LogP) is 2.21. The van der Waals surface area contributed by atoms with Crippen LogP contribution in [0.25, 0.3) is 0 Å². The summed E-state index contributed by atoms with van der Waals surface area (Å²) < 4.78 is 25.3. The van der Waals surface area contributed by atoms with Crippen LogP contribution >= 0.6 is 0 Å². The van der Waals surface area contributed by atoms with Gasteiger partial charge in [-0.1, -0.05) is 48.5 Å². The molecule has 3 rings (SSSR count). The maximum atomic E-state index is 13.2. The van der Waals surface area contributed by atoms with Gasteiger partial charge in [0.25, 0.3) is 0 Å². The zero-order valence-electron chi connectivity index (χ0n) is 13.7. The van der Waals surface area contributed by atoms with Gasteiger partial charge in [0.1, 0.15) is 6.04 Å². The first-order valence-corrected chi connectivity index (χ1v) is 9.61. The van der Waals surface area contributed by atoms with Gasteiger partial charge in [0.05, 0.1) is 6.26 Å². The minimum Gasteiger partial charge on any atom is -0.310 e. The lowest BCUT2D eigenvalue weighted by molar-refractivity contribution is -0.122. The summed E-state index contributed by atoms with van der Waals surface area (Å²) in [5, 5.41) is 0. The van der Waals surface area contributed by atoms with E-state index in [4.69, 9.17) is 0 Å². The topological polar surface area (TPSA) is 57.7 Å². The summed E-state index contributed by atoms with van der Waals surface area (Å²) in [4.78, 5) is 14.9. The largest absolute Gasteiger partial charge is 0.310 e. The Morgan fingerprint density at radius 3 is 2.38 bits per heavy atom. The van der Waals surface area contributed by atoms with Crippen LogP contribution in [0.4, 0.5) is 5.69 Å². The van der Waals surface area contributed by atoms with Gasteiger partial charge >= 0.3 is 0 Å². The number of sulfonamides is 1. The van der Waals surface area contributed by atoms with Crippen molar-refractivity contribution in [1.29, 1.82) is 0 Å². The van der Waals surface area contributed by atoms with Gasteiger partial charge in [-0.3, -0.25) is 4.79 Å². The lowest BCUT2D eigenvalue weighted by Crippen LogP contribution is -2.43. The van der Waals surface area contributed by atoms with Gasteiger partial charge in [0.15, 0.2) is 0 Å². The number of hydrogen-bond acceptors (Lipinski definition) is 3. The summed E-state index contributed by atoms with van der Waals surface area (Å²) in [6.45, 7) is 0.569. The van der Waals surface area contributed by atoms with Crippen molar-refractivity contribution < 1.29 is 13.2 Å². The van der Waals surface area contributed by atoms with Gasteiger partial charge in [-0.05, 0) is 23.6 Å². The van der Waals surface area contributed by atoms with E-state index < -0.39 is 16.1 Å². The third-order valence-electron chi connectivity index (χ3n) is 4.39. The van der Waals surface area contributed by atoms with Gasteiger partial charge in [0.2, 0.25) is 15.9 Å². The summed E-state index contributed by atoms with van der Waals surface area (Å²) in [5.74, 6) is -0.223. The second-order valence-electron chi connectivity index (χ2n) is 5.96. The van der Waals surface area contributed by atoms with Gasteiger partial charge in [-0.2, -0.15) is 4.31 Å². The molecule has 0 bridgehead atoms. The molecule has 0 aliphatic carbocycles. The number of hydrogen-bond donors (Lipinski definition) is 0. The molecule has 0 N–H and O–H groups in total. The van der Waals surface area contributed by atoms with Crippen LogP contribution in [0.2, 0.25) is 0 Å². The highest BCUT2D eigenvalue weighted by molar-refractivity contribution is 7.88. The van der Waals surface area contributed by atoms with Crippen LogP contribution < -0.4 is 4.90 Å². The van der Waals surface area contributed by atoms with E-state index in [2.05, 4.69) is 0 Å². The fourth-order valence-electron chi connectivity index (χ4n) is 3.05. The number of rotatable bonds is 4. The van der Waals surface area contributed by atoms with Crippen molar-refractivity contribution in [2.75, 3.05) is 24.7 Å². The normalized spacial score (nSPS) is 15.4. The third kappa shape index (κ3) is 3.07. The molecule has 0 spiro atoms. The predicted molar refractivity (Wildman–Crippen MR) is 94.3 cm³/mol. The molecule has 0 saturated carbocycles. The number of fused-ring (bicyclic) bond motifs is 1. The van der Waals surface area contributed by atoms with Crippen LogP contribution in [0.15, 0.2) is 54.6 Å². The van der Waals surface area contributed by atoms with E-state index in [1.807, 2.05) is 42.5 Å². The van der Waals surface area contributed by atoms with E-state index >= 15 is 0 Å². The summed E-state index contributed by atoms with van der Waals surface area (Å²) in [6, 6.07) is 15.9. The minimum atomic E-state index is -3.52. The van der Waals surface area contributed by atoms with Crippen molar-refractivity contribution >= 4 is 21.6 Å². The van der Waals surface area contributed by atoms with E-state index in [9.17, 15) is 13.2 Å². The molecule has 1 heterocycles.